The van der Waals surface area contributed by atoms with Crippen LogP contribution in [0.15, 0.2) is 66.7 Å². The van der Waals surface area contributed by atoms with Gasteiger partial charge in [-0.2, -0.15) is 0 Å². The van der Waals surface area contributed by atoms with Crippen molar-refractivity contribution in [3.05, 3.63) is 66.7 Å². The molecule has 0 spiro atoms. The maximum Gasteiger partial charge on any atom is 0.227 e. The van der Waals surface area contributed by atoms with Crippen LogP contribution >= 0.6 is 0 Å². The van der Waals surface area contributed by atoms with Gasteiger partial charge in [-0.3, -0.25) is 4.79 Å². The fraction of sp³-hybridized carbons (Fsp3) is 0.211. The number of carbonyl (C=O) groups excluding carboxylic acids is 1. The lowest BCUT2D eigenvalue weighted by atomic mass is 9.93. The standard InChI is InChI=1S/C19H20N2O/c22-19(15-7-3-1-4-8-15)21-18-13-11-17(12-14-18)20-16-9-5-2-6-10-16/h1-3,5-6,9-15,20H,4,7-8H2,(H,21,22)/t15-/m1/s1. The molecule has 0 unspecified atom stereocenters. The zero-order valence-electron chi connectivity index (χ0n) is 12.5. The van der Waals surface area contributed by atoms with Gasteiger partial charge in [-0.1, -0.05) is 30.4 Å². The number of para-hydroxylation sites is 1. The highest BCUT2D eigenvalue weighted by molar-refractivity contribution is 5.92. The van der Waals surface area contributed by atoms with Gasteiger partial charge in [0.15, 0.2) is 0 Å². The number of hydrogen-bond acceptors (Lipinski definition) is 2. The van der Waals surface area contributed by atoms with Crippen molar-refractivity contribution in [2.75, 3.05) is 10.6 Å². The van der Waals surface area contributed by atoms with Crippen molar-refractivity contribution in [1.82, 2.24) is 0 Å². The molecule has 1 aliphatic carbocycles. The number of allylic oxidation sites excluding steroid dienone is 2. The zero-order chi connectivity index (χ0) is 15.2. The predicted octanol–water partition coefficient (Wildman–Crippen LogP) is 4.73. The van der Waals surface area contributed by atoms with Gasteiger partial charge in [0.1, 0.15) is 0 Å². The summed E-state index contributed by atoms with van der Waals surface area (Å²) in [7, 11) is 0. The molecule has 0 heterocycles. The Hall–Kier alpha value is -2.55. The Bertz CT molecular complexity index is 647. The van der Waals surface area contributed by atoms with E-state index in [4.69, 9.17) is 0 Å². The van der Waals surface area contributed by atoms with E-state index in [9.17, 15) is 4.79 Å². The molecule has 3 rings (SSSR count). The molecular formula is C19H20N2O. The van der Waals surface area contributed by atoms with Crippen molar-refractivity contribution in [1.29, 1.82) is 0 Å². The van der Waals surface area contributed by atoms with E-state index in [-0.39, 0.29) is 11.8 Å². The highest BCUT2D eigenvalue weighted by Crippen LogP contribution is 2.22. The van der Waals surface area contributed by atoms with Gasteiger partial charge >= 0.3 is 0 Å². The Labute approximate surface area is 131 Å². The first-order valence-corrected chi connectivity index (χ1v) is 7.69. The summed E-state index contributed by atoms with van der Waals surface area (Å²) in [4.78, 5) is 12.2. The van der Waals surface area contributed by atoms with E-state index in [1.807, 2.05) is 54.6 Å². The number of anilines is 3. The summed E-state index contributed by atoms with van der Waals surface area (Å²) < 4.78 is 0. The van der Waals surface area contributed by atoms with E-state index in [2.05, 4.69) is 22.8 Å². The van der Waals surface area contributed by atoms with Crippen molar-refractivity contribution < 1.29 is 4.79 Å². The van der Waals surface area contributed by atoms with E-state index < -0.39 is 0 Å². The first kappa shape index (κ1) is 14.4. The van der Waals surface area contributed by atoms with Crippen molar-refractivity contribution >= 4 is 23.0 Å². The van der Waals surface area contributed by atoms with Crippen molar-refractivity contribution in [3.8, 4) is 0 Å². The molecule has 0 saturated carbocycles. The molecule has 2 aromatic carbocycles. The monoisotopic (exact) mass is 292 g/mol. The number of hydrogen-bond donors (Lipinski definition) is 2. The predicted molar refractivity (Wildman–Crippen MR) is 91.3 cm³/mol. The van der Waals surface area contributed by atoms with Crippen LogP contribution in [0.5, 0.6) is 0 Å². The average molecular weight is 292 g/mol. The maximum absolute atomic E-state index is 12.2. The number of benzene rings is 2. The lowest BCUT2D eigenvalue weighted by Gasteiger charge is -2.17. The molecule has 1 amide bonds. The quantitative estimate of drug-likeness (QED) is 0.800. The summed E-state index contributed by atoms with van der Waals surface area (Å²) in [5.74, 6) is 0.222. The first-order valence-electron chi connectivity index (χ1n) is 7.69. The van der Waals surface area contributed by atoms with Gasteiger partial charge in [-0.05, 0) is 55.7 Å². The molecule has 3 nitrogen and oxygen atoms in total. The molecule has 0 bridgehead atoms. The highest BCUT2D eigenvalue weighted by atomic mass is 16.1. The van der Waals surface area contributed by atoms with E-state index in [1.165, 1.54) is 0 Å². The molecule has 0 saturated heterocycles. The first-order chi connectivity index (χ1) is 10.8. The third-order valence-electron chi connectivity index (χ3n) is 3.85. The van der Waals surface area contributed by atoms with Crippen LogP contribution in [0, 0.1) is 5.92 Å². The number of nitrogens with one attached hydrogen (secondary N) is 2. The van der Waals surface area contributed by atoms with Gasteiger partial charge in [0, 0.05) is 23.0 Å². The van der Waals surface area contributed by atoms with Crippen molar-refractivity contribution in [2.24, 2.45) is 5.92 Å². The molecule has 2 aromatic rings. The van der Waals surface area contributed by atoms with Gasteiger partial charge < -0.3 is 10.6 Å². The molecular weight excluding hydrogens is 272 g/mol. The summed E-state index contributed by atoms with van der Waals surface area (Å²) >= 11 is 0. The Morgan fingerprint density at radius 1 is 0.864 bits per heavy atom. The SMILES string of the molecule is O=C(Nc1ccc(Nc2ccccc2)cc1)[C@@H]1CC=CCC1. The van der Waals surface area contributed by atoms with E-state index >= 15 is 0 Å². The van der Waals surface area contributed by atoms with E-state index in [1.54, 1.807) is 0 Å². The Morgan fingerprint density at radius 2 is 1.55 bits per heavy atom. The largest absolute Gasteiger partial charge is 0.356 e. The zero-order valence-corrected chi connectivity index (χ0v) is 12.5. The van der Waals surface area contributed by atoms with Crippen molar-refractivity contribution in [3.63, 3.8) is 0 Å². The molecule has 0 aliphatic heterocycles. The second-order valence-electron chi connectivity index (χ2n) is 5.54. The van der Waals surface area contributed by atoms with E-state index in [0.717, 1.165) is 36.3 Å². The summed E-state index contributed by atoms with van der Waals surface area (Å²) in [6, 6.07) is 17.8. The van der Waals surface area contributed by atoms with Gasteiger partial charge in [0.25, 0.3) is 0 Å². The third-order valence-corrected chi connectivity index (χ3v) is 3.85. The minimum atomic E-state index is 0.104. The number of amides is 1. The molecule has 0 aromatic heterocycles. The minimum Gasteiger partial charge on any atom is -0.356 e. The highest BCUT2D eigenvalue weighted by Gasteiger charge is 2.18. The Balaban J connectivity index is 1.59. The summed E-state index contributed by atoms with van der Waals surface area (Å²) in [6.07, 6.45) is 7.03. The average Bonchev–Trinajstić information content (AvgIpc) is 2.58. The van der Waals surface area contributed by atoms with Crippen LogP contribution < -0.4 is 10.6 Å². The Kier molecular flexibility index (Phi) is 4.54. The maximum atomic E-state index is 12.2. The minimum absolute atomic E-state index is 0.104. The summed E-state index contributed by atoms with van der Waals surface area (Å²) in [6.45, 7) is 0. The smallest absolute Gasteiger partial charge is 0.227 e. The van der Waals surface area contributed by atoms with Crippen molar-refractivity contribution in [2.45, 2.75) is 19.3 Å². The third kappa shape index (κ3) is 3.76. The van der Waals surface area contributed by atoms with E-state index in [0.29, 0.717) is 0 Å². The van der Waals surface area contributed by atoms with Crippen LogP contribution in [-0.4, -0.2) is 5.91 Å². The number of rotatable bonds is 4. The molecule has 2 N–H and O–H groups in total. The van der Waals surface area contributed by atoms with Crippen LogP contribution in [0.25, 0.3) is 0 Å². The molecule has 0 radical (unpaired) electrons. The molecule has 3 heteroatoms. The van der Waals surface area contributed by atoms with Gasteiger partial charge in [0.05, 0.1) is 0 Å². The molecule has 0 fully saturated rings. The molecule has 112 valence electrons. The Morgan fingerprint density at radius 3 is 2.23 bits per heavy atom. The van der Waals surface area contributed by atoms with Gasteiger partial charge in [-0.25, -0.2) is 0 Å². The van der Waals surface area contributed by atoms with Crippen LogP contribution in [-0.2, 0) is 4.79 Å². The fourth-order valence-electron chi connectivity index (χ4n) is 2.60. The lowest BCUT2D eigenvalue weighted by molar-refractivity contribution is -0.120. The number of carbonyl (C=O) groups is 1. The lowest BCUT2D eigenvalue weighted by Crippen LogP contribution is -2.23. The van der Waals surface area contributed by atoms with Crippen LogP contribution in [0.3, 0.4) is 0 Å². The molecule has 22 heavy (non-hydrogen) atoms. The topological polar surface area (TPSA) is 41.1 Å². The van der Waals surface area contributed by atoms with Gasteiger partial charge in [0.2, 0.25) is 5.91 Å². The van der Waals surface area contributed by atoms with Crippen LogP contribution in [0.2, 0.25) is 0 Å². The van der Waals surface area contributed by atoms with Gasteiger partial charge in [-0.15, -0.1) is 0 Å². The summed E-state index contributed by atoms with van der Waals surface area (Å²) in [5.41, 5.74) is 2.90. The molecule has 1 atom stereocenters. The second-order valence-corrected chi connectivity index (χ2v) is 5.54. The second kappa shape index (κ2) is 6.94. The fourth-order valence-corrected chi connectivity index (χ4v) is 2.60. The normalized spacial score (nSPS) is 17.0. The van der Waals surface area contributed by atoms with Crippen LogP contribution in [0.4, 0.5) is 17.1 Å². The van der Waals surface area contributed by atoms with Crippen LogP contribution in [0.1, 0.15) is 19.3 Å². The summed E-state index contributed by atoms with van der Waals surface area (Å²) in [5, 5.41) is 6.33. The molecule has 1 aliphatic rings.